The molecule has 0 aliphatic heterocycles. The smallest absolute Gasteiger partial charge is 0.322 e. The normalized spacial score (nSPS) is 10.5. The summed E-state index contributed by atoms with van der Waals surface area (Å²) in [6.07, 6.45) is 0. The van der Waals surface area contributed by atoms with E-state index in [1.165, 1.54) is 11.1 Å². The molecule has 1 aromatic rings. The fraction of sp³-hybridized carbons (Fsp3) is 0.417. The Morgan fingerprint density at radius 3 is 2.50 bits per heavy atom. The van der Waals surface area contributed by atoms with Crippen LogP contribution in [0.15, 0.2) is 24.3 Å². The maximum Gasteiger partial charge on any atom is 0.322 e. The molecule has 0 saturated heterocycles. The maximum absolute atomic E-state index is 11.6. The zero-order valence-corrected chi connectivity index (χ0v) is 9.50. The molecule has 0 aliphatic carbocycles. The van der Waals surface area contributed by atoms with Gasteiger partial charge >= 0.3 is 5.97 Å². The first kappa shape index (κ1) is 12.6. The van der Waals surface area contributed by atoms with Crippen molar-refractivity contribution < 1.29 is 14.0 Å². The Balaban J connectivity index is 2.46. The number of esters is 1. The second-order valence-corrected chi connectivity index (χ2v) is 3.87. The molecule has 3 nitrogen and oxygen atoms in total. The zero-order chi connectivity index (χ0) is 12.0. The molecular weight excluding hydrogens is 209 g/mol. The lowest BCUT2D eigenvalue weighted by Gasteiger charge is -2.07. The maximum atomic E-state index is 11.6. The number of carbonyl (C=O) groups excluding carboxylic acids is 1. The van der Waals surface area contributed by atoms with Crippen LogP contribution in [0.25, 0.3) is 0 Å². The first-order chi connectivity index (χ1) is 7.63. The summed E-state index contributed by atoms with van der Waals surface area (Å²) in [7, 11) is 0. The number of nitrogens with one attached hydrogen (secondary N) is 1. The first-order valence-electron chi connectivity index (χ1n) is 5.21. The Bertz CT molecular complexity index is 335. The molecule has 0 fully saturated rings. The van der Waals surface area contributed by atoms with Gasteiger partial charge in [0, 0.05) is 0 Å². The van der Waals surface area contributed by atoms with Crippen molar-refractivity contribution >= 4 is 5.97 Å². The van der Waals surface area contributed by atoms with E-state index in [9.17, 15) is 9.28 Å². The molecule has 1 rings (SSSR count). The monoisotopic (exact) mass is 225 g/mol. The van der Waals surface area contributed by atoms with Gasteiger partial charge in [-0.25, -0.2) is 0 Å². The Hall–Kier alpha value is -1.42. The molecule has 0 saturated carbocycles. The summed E-state index contributed by atoms with van der Waals surface area (Å²) in [4.78, 5) is 10.9. The van der Waals surface area contributed by atoms with Crippen molar-refractivity contribution in [3.8, 4) is 0 Å². The lowest BCUT2D eigenvalue weighted by molar-refractivity contribution is -0.144. The number of rotatable bonds is 5. The van der Waals surface area contributed by atoms with E-state index in [1.54, 1.807) is 0 Å². The standard InChI is InChI=1S/C12H16FNO2/c1-9(2)11-5-3-10(4-6-11)8-16-12(15)7-14-13/h3-6,9,14H,7-8H2,1-2H3. The summed E-state index contributed by atoms with van der Waals surface area (Å²) in [5, 5.41) is 0. The molecule has 0 atom stereocenters. The van der Waals surface area contributed by atoms with Crippen LogP contribution in [-0.2, 0) is 16.1 Å². The van der Waals surface area contributed by atoms with Crippen molar-refractivity contribution in [1.29, 1.82) is 0 Å². The summed E-state index contributed by atoms with van der Waals surface area (Å²) < 4.78 is 16.4. The van der Waals surface area contributed by atoms with Crippen molar-refractivity contribution in [1.82, 2.24) is 5.54 Å². The van der Waals surface area contributed by atoms with Crippen molar-refractivity contribution in [2.75, 3.05) is 6.54 Å². The molecule has 1 N–H and O–H groups in total. The summed E-state index contributed by atoms with van der Waals surface area (Å²) >= 11 is 0. The molecule has 16 heavy (non-hydrogen) atoms. The fourth-order valence-electron chi connectivity index (χ4n) is 1.27. The van der Waals surface area contributed by atoms with Crippen molar-refractivity contribution in [3.05, 3.63) is 35.4 Å². The minimum absolute atomic E-state index is 0.179. The van der Waals surface area contributed by atoms with E-state index in [2.05, 4.69) is 13.8 Å². The van der Waals surface area contributed by atoms with Gasteiger partial charge < -0.3 is 4.74 Å². The lowest BCUT2D eigenvalue weighted by Crippen LogP contribution is -2.17. The van der Waals surface area contributed by atoms with Crippen LogP contribution in [0.1, 0.15) is 30.9 Å². The van der Waals surface area contributed by atoms with Gasteiger partial charge in [-0.2, -0.15) is 0 Å². The average Bonchev–Trinajstić information content (AvgIpc) is 2.27. The quantitative estimate of drug-likeness (QED) is 0.617. The van der Waals surface area contributed by atoms with Crippen LogP contribution in [0.2, 0.25) is 0 Å². The van der Waals surface area contributed by atoms with Gasteiger partial charge in [0.15, 0.2) is 0 Å². The van der Waals surface area contributed by atoms with Crippen molar-refractivity contribution in [3.63, 3.8) is 0 Å². The first-order valence-corrected chi connectivity index (χ1v) is 5.21. The summed E-state index contributed by atoms with van der Waals surface area (Å²) in [5.74, 6) is -0.122. The highest BCUT2D eigenvalue weighted by molar-refractivity contribution is 5.71. The minimum atomic E-state index is -0.601. The van der Waals surface area contributed by atoms with Gasteiger partial charge in [0.1, 0.15) is 13.2 Å². The summed E-state index contributed by atoms with van der Waals surface area (Å²) in [6, 6.07) is 7.82. The highest BCUT2D eigenvalue weighted by Gasteiger charge is 2.03. The Morgan fingerprint density at radius 2 is 2.00 bits per heavy atom. The van der Waals surface area contributed by atoms with E-state index in [4.69, 9.17) is 4.74 Å². The van der Waals surface area contributed by atoms with Crippen LogP contribution in [-0.4, -0.2) is 12.5 Å². The minimum Gasteiger partial charge on any atom is -0.460 e. The molecule has 0 aromatic heterocycles. The van der Waals surface area contributed by atoms with E-state index in [-0.39, 0.29) is 6.61 Å². The van der Waals surface area contributed by atoms with Crippen LogP contribution in [0, 0.1) is 0 Å². The Morgan fingerprint density at radius 1 is 1.38 bits per heavy atom. The molecule has 4 heteroatoms. The number of hydrogen-bond acceptors (Lipinski definition) is 3. The third-order valence-corrected chi connectivity index (χ3v) is 2.26. The number of benzene rings is 1. The Labute approximate surface area is 94.5 Å². The van der Waals surface area contributed by atoms with E-state index < -0.39 is 12.5 Å². The molecule has 0 bridgehead atoms. The van der Waals surface area contributed by atoms with Crippen LogP contribution in [0.4, 0.5) is 4.48 Å². The van der Waals surface area contributed by atoms with Crippen LogP contribution in [0.3, 0.4) is 0 Å². The van der Waals surface area contributed by atoms with Gasteiger partial charge in [-0.05, 0) is 17.0 Å². The van der Waals surface area contributed by atoms with Crippen LogP contribution < -0.4 is 5.54 Å². The van der Waals surface area contributed by atoms with E-state index >= 15 is 0 Å². The number of carbonyl (C=O) groups is 1. The second-order valence-electron chi connectivity index (χ2n) is 3.87. The molecule has 0 amide bonds. The highest BCUT2D eigenvalue weighted by Crippen LogP contribution is 2.14. The van der Waals surface area contributed by atoms with Gasteiger partial charge in [0.25, 0.3) is 0 Å². The number of hydrogen-bond donors (Lipinski definition) is 1. The summed E-state index contributed by atoms with van der Waals surface area (Å²) in [5.41, 5.74) is 3.39. The SMILES string of the molecule is CC(C)c1ccc(COC(=O)CNF)cc1. The molecule has 88 valence electrons. The van der Waals surface area contributed by atoms with E-state index in [0.717, 1.165) is 5.56 Å². The molecule has 0 radical (unpaired) electrons. The molecule has 0 aliphatic rings. The lowest BCUT2D eigenvalue weighted by atomic mass is 10.0. The largest absolute Gasteiger partial charge is 0.460 e. The van der Waals surface area contributed by atoms with E-state index in [1.807, 2.05) is 24.3 Å². The van der Waals surface area contributed by atoms with Gasteiger partial charge in [-0.1, -0.05) is 38.1 Å². The number of halogens is 1. The van der Waals surface area contributed by atoms with Crippen molar-refractivity contribution in [2.24, 2.45) is 0 Å². The van der Waals surface area contributed by atoms with Gasteiger partial charge in [0.2, 0.25) is 0 Å². The number of ether oxygens (including phenoxy) is 1. The molecule has 0 unspecified atom stereocenters. The average molecular weight is 225 g/mol. The molecule has 1 aromatic carbocycles. The van der Waals surface area contributed by atoms with Crippen LogP contribution >= 0.6 is 0 Å². The van der Waals surface area contributed by atoms with E-state index in [0.29, 0.717) is 5.92 Å². The third kappa shape index (κ3) is 3.98. The predicted octanol–water partition coefficient (Wildman–Crippen LogP) is 2.33. The topological polar surface area (TPSA) is 38.3 Å². The van der Waals surface area contributed by atoms with Crippen molar-refractivity contribution in [2.45, 2.75) is 26.4 Å². The summed E-state index contributed by atoms with van der Waals surface area (Å²) in [6.45, 7) is 3.99. The third-order valence-electron chi connectivity index (χ3n) is 2.26. The molecule has 0 heterocycles. The van der Waals surface area contributed by atoms with Crippen LogP contribution in [0.5, 0.6) is 0 Å². The van der Waals surface area contributed by atoms with Gasteiger partial charge in [-0.3, -0.25) is 4.79 Å². The molecular formula is C12H16FNO2. The Kier molecular flexibility index (Phi) is 4.92. The zero-order valence-electron chi connectivity index (χ0n) is 9.50. The van der Waals surface area contributed by atoms with Gasteiger partial charge in [0.05, 0.1) is 0 Å². The molecule has 0 spiro atoms. The highest BCUT2D eigenvalue weighted by atomic mass is 19.2. The second kappa shape index (κ2) is 6.23. The van der Waals surface area contributed by atoms with Gasteiger partial charge in [-0.15, -0.1) is 10.0 Å². The fourth-order valence-corrected chi connectivity index (χ4v) is 1.27. The predicted molar refractivity (Wildman–Crippen MR) is 59.4 cm³/mol.